The maximum atomic E-state index is 13.7. The van der Waals surface area contributed by atoms with Crippen molar-refractivity contribution in [3.05, 3.63) is 64.5 Å². The van der Waals surface area contributed by atoms with Gasteiger partial charge in [0.25, 0.3) is 5.91 Å². The van der Waals surface area contributed by atoms with E-state index in [9.17, 15) is 32.3 Å². The van der Waals surface area contributed by atoms with Gasteiger partial charge in [-0.2, -0.15) is 13.2 Å². The molecule has 0 aliphatic carbocycles. The maximum Gasteiger partial charge on any atom is 0.419 e. The van der Waals surface area contributed by atoms with Gasteiger partial charge in [-0.25, -0.2) is 4.39 Å². The quantitative estimate of drug-likeness (QED) is 0.611. The molecule has 1 atom stereocenters. The van der Waals surface area contributed by atoms with Crippen LogP contribution in [-0.4, -0.2) is 24.1 Å². The van der Waals surface area contributed by atoms with E-state index in [0.717, 1.165) is 11.6 Å². The molecule has 30 heavy (non-hydrogen) atoms. The van der Waals surface area contributed by atoms with E-state index in [2.05, 4.69) is 5.32 Å². The molecule has 2 N–H and O–H groups in total. The molecule has 0 spiro atoms. The van der Waals surface area contributed by atoms with Crippen molar-refractivity contribution in [1.29, 1.82) is 0 Å². The molecule has 9 heteroatoms. The average Bonchev–Trinajstić information content (AvgIpc) is 2.68. The molecule has 2 aromatic rings. The standard InChI is InChI=1S/C21H21F4NO4/c1-3-13(20(28)29)8-12-4-7-18(30-2)15(9-12)11-26-19(27)14-5-6-16(17(22)10-14)21(23,24)25/h4-7,9-10,13H,3,8,11H2,1-2H3,(H,26,27)(H,28,29)/t13-/m0/s1. The highest BCUT2D eigenvalue weighted by Crippen LogP contribution is 2.31. The van der Waals surface area contributed by atoms with Crippen LogP contribution in [0.4, 0.5) is 17.6 Å². The first-order valence-electron chi connectivity index (χ1n) is 9.10. The van der Waals surface area contributed by atoms with Crippen molar-refractivity contribution in [3.63, 3.8) is 0 Å². The van der Waals surface area contributed by atoms with Crippen LogP contribution >= 0.6 is 0 Å². The second-order valence-electron chi connectivity index (χ2n) is 6.67. The van der Waals surface area contributed by atoms with Crippen molar-refractivity contribution in [2.75, 3.05) is 7.11 Å². The van der Waals surface area contributed by atoms with E-state index in [-0.39, 0.29) is 12.1 Å². The molecule has 0 aromatic heterocycles. The second-order valence-corrected chi connectivity index (χ2v) is 6.67. The van der Waals surface area contributed by atoms with Gasteiger partial charge in [-0.15, -0.1) is 0 Å². The van der Waals surface area contributed by atoms with Crippen molar-refractivity contribution in [1.82, 2.24) is 5.32 Å². The summed E-state index contributed by atoms with van der Waals surface area (Å²) in [7, 11) is 1.43. The van der Waals surface area contributed by atoms with Crippen LogP contribution in [0.3, 0.4) is 0 Å². The largest absolute Gasteiger partial charge is 0.496 e. The first kappa shape index (κ1) is 23.2. The minimum Gasteiger partial charge on any atom is -0.496 e. The Balaban J connectivity index is 2.16. The van der Waals surface area contributed by atoms with E-state index in [0.29, 0.717) is 36.3 Å². The molecule has 162 valence electrons. The van der Waals surface area contributed by atoms with Crippen LogP contribution in [-0.2, 0) is 23.9 Å². The van der Waals surface area contributed by atoms with E-state index >= 15 is 0 Å². The SMILES string of the molecule is CC[C@@H](Cc1ccc(OC)c(CNC(=O)c2ccc(C(F)(F)F)c(F)c2)c1)C(=O)O. The second kappa shape index (κ2) is 9.60. The minimum atomic E-state index is -4.85. The van der Waals surface area contributed by atoms with Gasteiger partial charge in [-0.1, -0.05) is 19.1 Å². The summed E-state index contributed by atoms with van der Waals surface area (Å²) in [6.45, 7) is 1.73. The molecule has 0 saturated heterocycles. The number of carbonyl (C=O) groups excluding carboxylic acids is 1. The number of ether oxygens (including phenoxy) is 1. The van der Waals surface area contributed by atoms with Gasteiger partial charge < -0.3 is 15.2 Å². The number of carboxylic acids is 1. The van der Waals surface area contributed by atoms with Crippen LogP contribution in [0.2, 0.25) is 0 Å². The zero-order chi connectivity index (χ0) is 22.5. The lowest BCUT2D eigenvalue weighted by Crippen LogP contribution is -2.24. The normalized spacial score (nSPS) is 12.3. The smallest absolute Gasteiger partial charge is 0.419 e. The number of halogens is 4. The lowest BCUT2D eigenvalue weighted by Gasteiger charge is -2.14. The fourth-order valence-electron chi connectivity index (χ4n) is 2.95. The number of hydrogen-bond acceptors (Lipinski definition) is 3. The topological polar surface area (TPSA) is 75.6 Å². The number of amides is 1. The molecule has 1 amide bonds. The Hall–Kier alpha value is -3.10. The highest BCUT2D eigenvalue weighted by Gasteiger charge is 2.34. The molecule has 0 unspecified atom stereocenters. The first-order valence-corrected chi connectivity index (χ1v) is 9.10. The molecule has 0 saturated carbocycles. The van der Waals surface area contributed by atoms with Crippen LogP contribution in [0.5, 0.6) is 5.75 Å². The third-order valence-corrected chi connectivity index (χ3v) is 4.65. The summed E-state index contributed by atoms with van der Waals surface area (Å²) in [6.07, 6.45) is -4.10. The van der Waals surface area contributed by atoms with Gasteiger partial charge in [0, 0.05) is 17.7 Å². The van der Waals surface area contributed by atoms with E-state index in [1.54, 1.807) is 25.1 Å². The molecule has 0 aliphatic heterocycles. The van der Waals surface area contributed by atoms with Crippen LogP contribution in [0.1, 0.15) is 40.4 Å². The van der Waals surface area contributed by atoms with Crippen LogP contribution in [0, 0.1) is 11.7 Å². The van der Waals surface area contributed by atoms with Crippen molar-refractivity contribution in [3.8, 4) is 5.75 Å². The Morgan fingerprint density at radius 3 is 2.40 bits per heavy atom. The number of benzene rings is 2. The number of hydrogen-bond donors (Lipinski definition) is 2. The Bertz CT molecular complexity index is 928. The summed E-state index contributed by atoms with van der Waals surface area (Å²) in [5.74, 6) is -3.31. The Labute approximate surface area is 170 Å². The van der Waals surface area contributed by atoms with E-state index in [1.165, 1.54) is 7.11 Å². The Morgan fingerprint density at radius 1 is 1.17 bits per heavy atom. The predicted molar refractivity (Wildman–Crippen MR) is 101 cm³/mol. The zero-order valence-corrected chi connectivity index (χ0v) is 16.3. The predicted octanol–water partition coefficient (Wildman–Crippen LogP) is 4.44. The maximum absolute atomic E-state index is 13.7. The summed E-state index contributed by atoms with van der Waals surface area (Å²) in [5.41, 5.74) is -0.421. The number of carbonyl (C=O) groups is 2. The lowest BCUT2D eigenvalue weighted by atomic mass is 9.95. The van der Waals surface area contributed by atoms with Gasteiger partial charge in [-0.05, 0) is 42.7 Å². The third kappa shape index (κ3) is 5.71. The van der Waals surface area contributed by atoms with Crippen LogP contribution in [0.15, 0.2) is 36.4 Å². The summed E-state index contributed by atoms with van der Waals surface area (Å²) < 4.78 is 56.9. The van der Waals surface area contributed by atoms with Gasteiger partial charge in [-0.3, -0.25) is 9.59 Å². The number of aliphatic carboxylic acids is 1. The minimum absolute atomic E-state index is 0.0393. The fraction of sp³-hybridized carbons (Fsp3) is 0.333. The van der Waals surface area contributed by atoms with Gasteiger partial charge in [0.15, 0.2) is 0 Å². The van der Waals surface area contributed by atoms with Crippen molar-refractivity contribution < 1.29 is 37.0 Å². The number of nitrogens with one attached hydrogen (secondary N) is 1. The molecule has 0 aliphatic rings. The molecule has 0 heterocycles. The van der Waals surface area contributed by atoms with Crippen molar-refractivity contribution in [2.45, 2.75) is 32.5 Å². The average molecular weight is 427 g/mol. The number of carboxylic acid groups (broad SMARTS) is 1. The highest BCUT2D eigenvalue weighted by atomic mass is 19.4. The molecule has 5 nitrogen and oxygen atoms in total. The zero-order valence-electron chi connectivity index (χ0n) is 16.3. The molecule has 0 radical (unpaired) electrons. The summed E-state index contributed by atoms with van der Waals surface area (Å²) in [4.78, 5) is 23.5. The van der Waals surface area contributed by atoms with Gasteiger partial charge >= 0.3 is 12.1 Å². The molecular weight excluding hydrogens is 406 g/mol. The first-order chi connectivity index (χ1) is 14.1. The molecule has 2 rings (SSSR count). The van der Waals surface area contributed by atoms with Crippen LogP contribution < -0.4 is 10.1 Å². The van der Waals surface area contributed by atoms with Gasteiger partial charge in [0.1, 0.15) is 11.6 Å². The summed E-state index contributed by atoms with van der Waals surface area (Å²) >= 11 is 0. The third-order valence-electron chi connectivity index (χ3n) is 4.65. The lowest BCUT2D eigenvalue weighted by molar-refractivity contribution is -0.142. The number of rotatable bonds is 8. The van der Waals surface area contributed by atoms with Crippen LogP contribution in [0.25, 0.3) is 0 Å². The summed E-state index contributed by atoms with van der Waals surface area (Å²) in [6, 6.07) is 7.00. The Morgan fingerprint density at radius 2 is 1.87 bits per heavy atom. The molecule has 0 bridgehead atoms. The molecule has 2 aromatic carbocycles. The van der Waals surface area contributed by atoms with E-state index in [4.69, 9.17) is 4.74 Å². The number of alkyl halides is 3. The monoisotopic (exact) mass is 427 g/mol. The van der Waals surface area contributed by atoms with Crippen molar-refractivity contribution >= 4 is 11.9 Å². The molecule has 0 fully saturated rings. The van der Waals surface area contributed by atoms with E-state index in [1.807, 2.05) is 0 Å². The number of methoxy groups -OCH3 is 1. The fourth-order valence-corrected chi connectivity index (χ4v) is 2.95. The van der Waals surface area contributed by atoms with Crippen molar-refractivity contribution in [2.24, 2.45) is 5.92 Å². The molecular formula is C21H21F4NO4. The van der Waals surface area contributed by atoms with Gasteiger partial charge in [0.2, 0.25) is 0 Å². The van der Waals surface area contributed by atoms with E-state index < -0.39 is 35.4 Å². The summed E-state index contributed by atoms with van der Waals surface area (Å²) in [5, 5.41) is 11.7. The highest BCUT2D eigenvalue weighted by molar-refractivity contribution is 5.94. The van der Waals surface area contributed by atoms with Gasteiger partial charge in [0.05, 0.1) is 18.6 Å². The Kier molecular flexibility index (Phi) is 7.42.